The van der Waals surface area contributed by atoms with Gasteiger partial charge in [0.05, 0.1) is 7.11 Å². The molecule has 1 amide bonds. The van der Waals surface area contributed by atoms with Crippen LogP contribution in [0.25, 0.3) is 0 Å². The first-order chi connectivity index (χ1) is 18.8. The van der Waals surface area contributed by atoms with Crippen LogP contribution in [-0.2, 0) is 51.4 Å². The predicted molar refractivity (Wildman–Crippen MR) is 137 cm³/mol. The number of esters is 3. The highest BCUT2D eigenvalue weighted by Crippen LogP contribution is 2.47. The molecule has 1 saturated heterocycles. The van der Waals surface area contributed by atoms with Gasteiger partial charge in [0.1, 0.15) is 24.9 Å². The van der Waals surface area contributed by atoms with Crippen molar-refractivity contribution in [3.63, 3.8) is 0 Å². The van der Waals surface area contributed by atoms with Crippen LogP contribution in [0.2, 0.25) is 0 Å². The van der Waals surface area contributed by atoms with Gasteiger partial charge in [-0.15, -0.1) is 0 Å². The Morgan fingerprint density at radius 1 is 0.769 bits per heavy atom. The van der Waals surface area contributed by atoms with Crippen LogP contribution in [0.3, 0.4) is 0 Å². The van der Waals surface area contributed by atoms with E-state index in [4.69, 9.17) is 14.2 Å². The molecule has 1 aliphatic heterocycles. The molecule has 1 heterocycles. The summed E-state index contributed by atoms with van der Waals surface area (Å²) in [6, 6.07) is 23.9. The number of rotatable bonds is 10. The van der Waals surface area contributed by atoms with Crippen LogP contribution in [0.1, 0.15) is 29.7 Å². The third-order valence-electron chi connectivity index (χ3n) is 6.53. The number of carbonyl (C=O) groups excluding carboxylic acids is 5. The second kappa shape index (κ2) is 11.7. The van der Waals surface area contributed by atoms with E-state index in [1.807, 2.05) is 0 Å². The van der Waals surface area contributed by atoms with Gasteiger partial charge in [-0.1, -0.05) is 91.0 Å². The number of likely N-dealkylation sites (tertiary alicyclic amines) is 1. The Kier molecular flexibility index (Phi) is 8.19. The molecule has 1 fully saturated rings. The monoisotopic (exact) mass is 529 g/mol. The first kappa shape index (κ1) is 27.3. The molecule has 4 rings (SSSR count). The minimum Gasteiger partial charge on any atom is -0.467 e. The molecule has 9 heteroatoms. The van der Waals surface area contributed by atoms with E-state index in [1.54, 1.807) is 91.0 Å². The van der Waals surface area contributed by atoms with Gasteiger partial charge in [0.25, 0.3) is 5.54 Å². The molecule has 0 N–H and O–H groups in total. The SMILES string of the molecule is COC(=O)C(c1ccccc1)N1C(=O)C(C(C)=O)C1(C(=O)OCc1ccccc1)C(=O)OCc1ccccc1. The average molecular weight is 530 g/mol. The highest BCUT2D eigenvalue weighted by Gasteiger charge is 2.76. The summed E-state index contributed by atoms with van der Waals surface area (Å²) in [6.07, 6.45) is 0. The largest absolute Gasteiger partial charge is 0.467 e. The van der Waals surface area contributed by atoms with E-state index in [0.717, 1.165) is 18.9 Å². The molecule has 3 aromatic rings. The number of benzene rings is 3. The summed E-state index contributed by atoms with van der Waals surface area (Å²) in [4.78, 5) is 67.8. The van der Waals surface area contributed by atoms with Crippen LogP contribution in [0.5, 0.6) is 0 Å². The summed E-state index contributed by atoms with van der Waals surface area (Å²) < 4.78 is 16.0. The Balaban J connectivity index is 1.80. The number of ether oxygens (including phenoxy) is 3. The van der Waals surface area contributed by atoms with Gasteiger partial charge in [-0.3, -0.25) is 14.5 Å². The molecule has 2 unspecified atom stereocenters. The summed E-state index contributed by atoms with van der Waals surface area (Å²) in [5.41, 5.74) is -1.05. The zero-order valence-electron chi connectivity index (χ0n) is 21.4. The molecule has 0 radical (unpaired) electrons. The van der Waals surface area contributed by atoms with E-state index < -0.39 is 47.1 Å². The van der Waals surface area contributed by atoms with Crippen molar-refractivity contribution in [3.8, 4) is 0 Å². The molecule has 0 aromatic heterocycles. The van der Waals surface area contributed by atoms with Crippen molar-refractivity contribution < 1.29 is 38.2 Å². The van der Waals surface area contributed by atoms with Crippen molar-refractivity contribution in [1.29, 1.82) is 0 Å². The van der Waals surface area contributed by atoms with Crippen LogP contribution < -0.4 is 0 Å². The minimum atomic E-state index is -2.55. The Hall–Kier alpha value is -4.79. The molecule has 1 aliphatic rings. The van der Waals surface area contributed by atoms with Crippen molar-refractivity contribution in [1.82, 2.24) is 4.90 Å². The molecule has 0 bridgehead atoms. The molecular formula is C30H27NO8. The highest BCUT2D eigenvalue weighted by molar-refractivity contribution is 6.25. The predicted octanol–water partition coefficient (Wildman–Crippen LogP) is 3.17. The number of hydrogen-bond acceptors (Lipinski definition) is 8. The van der Waals surface area contributed by atoms with Crippen molar-refractivity contribution in [2.75, 3.05) is 7.11 Å². The summed E-state index contributed by atoms with van der Waals surface area (Å²) in [6.45, 7) is 0.613. The van der Waals surface area contributed by atoms with Gasteiger partial charge in [-0.2, -0.15) is 0 Å². The molecule has 9 nitrogen and oxygen atoms in total. The fourth-order valence-corrected chi connectivity index (χ4v) is 4.68. The Morgan fingerprint density at radius 2 is 1.21 bits per heavy atom. The van der Waals surface area contributed by atoms with Crippen LogP contribution in [0, 0.1) is 5.92 Å². The molecule has 2 atom stereocenters. The van der Waals surface area contributed by atoms with Crippen molar-refractivity contribution in [3.05, 3.63) is 108 Å². The summed E-state index contributed by atoms with van der Waals surface area (Å²) in [5, 5.41) is 0. The summed E-state index contributed by atoms with van der Waals surface area (Å²) >= 11 is 0. The van der Waals surface area contributed by atoms with Gasteiger partial charge in [0.15, 0.2) is 6.04 Å². The van der Waals surface area contributed by atoms with Gasteiger partial charge in [-0.25, -0.2) is 14.4 Å². The smallest absolute Gasteiger partial charge is 0.345 e. The molecule has 0 spiro atoms. The lowest BCUT2D eigenvalue weighted by Gasteiger charge is -2.54. The second-order valence-corrected chi connectivity index (χ2v) is 8.98. The van der Waals surface area contributed by atoms with E-state index in [2.05, 4.69) is 0 Å². The zero-order valence-corrected chi connectivity index (χ0v) is 21.4. The van der Waals surface area contributed by atoms with Crippen molar-refractivity contribution in [2.45, 2.75) is 31.7 Å². The number of nitrogens with zero attached hydrogens (tertiary/aromatic N) is 1. The fraction of sp³-hybridized carbons (Fsp3) is 0.233. The van der Waals surface area contributed by atoms with Crippen LogP contribution in [-0.4, -0.2) is 47.1 Å². The summed E-state index contributed by atoms with van der Waals surface area (Å²) in [7, 11) is 1.12. The standard InChI is InChI=1S/C30H27NO8/c1-20(32)24-26(33)31(25(27(34)37-2)23-16-10-5-11-17-23)30(24,28(35)38-18-21-12-6-3-7-13-21)29(36)39-19-22-14-8-4-9-15-22/h3-17,24-25H,18-19H2,1-2H3. The number of amides is 1. The van der Waals surface area contributed by atoms with E-state index >= 15 is 0 Å². The molecular weight excluding hydrogens is 502 g/mol. The maximum atomic E-state index is 13.9. The third-order valence-corrected chi connectivity index (χ3v) is 6.53. The second-order valence-electron chi connectivity index (χ2n) is 8.98. The van der Waals surface area contributed by atoms with Gasteiger partial charge < -0.3 is 14.2 Å². The Morgan fingerprint density at radius 3 is 1.62 bits per heavy atom. The van der Waals surface area contributed by atoms with Gasteiger partial charge in [0.2, 0.25) is 5.91 Å². The first-order valence-electron chi connectivity index (χ1n) is 12.2. The number of carbonyl (C=O) groups is 5. The van der Waals surface area contributed by atoms with Gasteiger partial charge in [-0.05, 0) is 23.6 Å². The highest BCUT2D eigenvalue weighted by atomic mass is 16.6. The zero-order chi connectivity index (χ0) is 28.0. The minimum absolute atomic E-state index is 0.242. The number of Topliss-reactive ketones (excluding diaryl/α,β-unsaturated/α-hetero) is 1. The van der Waals surface area contributed by atoms with E-state index in [0.29, 0.717) is 11.1 Å². The molecule has 200 valence electrons. The fourth-order valence-electron chi connectivity index (χ4n) is 4.68. The number of ketones is 1. The normalized spacial score (nSPS) is 16.4. The molecule has 0 aliphatic carbocycles. The number of methoxy groups -OCH3 is 1. The van der Waals surface area contributed by atoms with Crippen LogP contribution in [0.4, 0.5) is 0 Å². The lowest BCUT2D eigenvalue weighted by molar-refractivity contribution is -0.211. The van der Waals surface area contributed by atoms with E-state index in [-0.39, 0.29) is 18.8 Å². The lowest BCUT2D eigenvalue weighted by atomic mass is 9.69. The van der Waals surface area contributed by atoms with Gasteiger partial charge >= 0.3 is 17.9 Å². The molecule has 39 heavy (non-hydrogen) atoms. The maximum Gasteiger partial charge on any atom is 0.345 e. The molecule has 3 aromatic carbocycles. The maximum absolute atomic E-state index is 13.9. The quantitative estimate of drug-likeness (QED) is 0.170. The Labute approximate surface area is 225 Å². The van der Waals surface area contributed by atoms with E-state index in [1.165, 1.54) is 0 Å². The summed E-state index contributed by atoms with van der Waals surface area (Å²) in [5.74, 6) is -6.67. The van der Waals surface area contributed by atoms with Crippen molar-refractivity contribution >= 4 is 29.6 Å². The number of β-lactam (4-membered cyclic amide) rings is 1. The third kappa shape index (κ3) is 5.16. The lowest BCUT2D eigenvalue weighted by Crippen LogP contribution is -2.81. The van der Waals surface area contributed by atoms with Crippen LogP contribution in [0.15, 0.2) is 91.0 Å². The first-order valence-corrected chi connectivity index (χ1v) is 12.2. The van der Waals surface area contributed by atoms with Gasteiger partial charge in [0, 0.05) is 0 Å². The average Bonchev–Trinajstić information content (AvgIpc) is 2.96. The number of hydrogen-bond donors (Lipinski definition) is 0. The topological polar surface area (TPSA) is 116 Å². The molecule has 0 saturated carbocycles. The van der Waals surface area contributed by atoms with Crippen LogP contribution >= 0.6 is 0 Å². The Bertz CT molecular complexity index is 1300. The van der Waals surface area contributed by atoms with Crippen molar-refractivity contribution in [2.24, 2.45) is 5.92 Å². The van der Waals surface area contributed by atoms with E-state index in [9.17, 15) is 24.0 Å².